The van der Waals surface area contributed by atoms with Crippen LogP contribution in [0.3, 0.4) is 0 Å². The van der Waals surface area contributed by atoms with Crippen LogP contribution in [0.5, 0.6) is 0 Å². The second-order valence-electron chi connectivity index (χ2n) is 5.26. The van der Waals surface area contributed by atoms with E-state index < -0.39 is 29.0 Å². The number of benzene rings is 2. The average Bonchev–Trinajstić information content (AvgIpc) is 2.70. The molecule has 0 saturated heterocycles. The van der Waals surface area contributed by atoms with Crippen LogP contribution < -0.4 is 5.43 Å². The van der Waals surface area contributed by atoms with Gasteiger partial charge >= 0.3 is 5.97 Å². The molecule has 2 aromatic carbocycles. The molecule has 0 aromatic heterocycles. The summed E-state index contributed by atoms with van der Waals surface area (Å²) in [4.78, 5) is 46.4. The molecule has 0 radical (unpaired) electrons. The zero-order chi connectivity index (χ0) is 19.8. The molecule has 138 valence electrons. The first-order valence-electron chi connectivity index (χ1n) is 7.70. The summed E-state index contributed by atoms with van der Waals surface area (Å²) in [7, 11) is 1.11. The lowest BCUT2D eigenvalue weighted by molar-refractivity contribution is -0.384. The number of nitro benzene ring substituents is 1. The SMILES string of the molecule is COC(=O)/C(CC(=O)c1cccc([N+](=O)[O-])c1)=N\NC(=O)c1ccccc1. The molecule has 1 N–H and O–H groups in total. The monoisotopic (exact) mass is 369 g/mol. The maximum absolute atomic E-state index is 12.3. The number of nitrogens with one attached hydrogen (secondary N) is 1. The minimum Gasteiger partial charge on any atom is -0.464 e. The molecule has 2 aromatic rings. The van der Waals surface area contributed by atoms with E-state index in [-0.39, 0.29) is 17.0 Å². The number of hydrogen-bond donors (Lipinski definition) is 1. The van der Waals surface area contributed by atoms with Gasteiger partial charge in [0.25, 0.3) is 11.6 Å². The fourth-order valence-electron chi connectivity index (χ4n) is 2.09. The van der Waals surface area contributed by atoms with Crippen molar-refractivity contribution in [1.29, 1.82) is 0 Å². The molecule has 2 rings (SSSR count). The molecule has 9 nitrogen and oxygen atoms in total. The number of hydrogen-bond acceptors (Lipinski definition) is 7. The van der Waals surface area contributed by atoms with Gasteiger partial charge in [0.1, 0.15) is 0 Å². The highest BCUT2D eigenvalue weighted by molar-refractivity contribution is 6.40. The summed E-state index contributed by atoms with van der Waals surface area (Å²) in [6.07, 6.45) is -0.497. The van der Waals surface area contributed by atoms with E-state index in [1.165, 1.54) is 18.2 Å². The van der Waals surface area contributed by atoms with Gasteiger partial charge in [-0.1, -0.05) is 30.3 Å². The van der Waals surface area contributed by atoms with Crippen molar-refractivity contribution in [2.75, 3.05) is 7.11 Å². The zero-order valence-corrected chi connectivity index (χ0v) is 14.2. The lowest BCUT2D eigenvalue weighted by Gasteiger charge is -2.06. The molecule has 0 aliphatic heterocycles. The molecule has 0 fully saturated rings. The molecule has 0 aliphatic rings. The molecule has 0 heterocycles. The minimum absolute atomic E-state index is 0.0372. The average molecular weight is 369 g/mol. The molecule has 0 atom stereocenters. The summed E-state index contributed by atoms with van der Waals surface area (Å²) in [6, 6.07) is 13.2. The number of carbonyl (C=O) groups is 3. The minimum atomic E-state index is -0.901. The van der Waals surface area contributed by atoms with E-state index in [0.29, 0.717) is 5.56 Å². The first-order chi connectivity index (χ1) is 12.9. The van der Waals surface area contributed by atoms with Crippen molar-refractivity contribution in [2.45, 2.75) is 6.42 Å². The van der Waals surface area contributed by atoms with E-state index in [1.807, 2.05) is 0 Å². The smallest absolute Gasteiger partial charge is 0.354 e. The topological polar surface area (TPSA) is 128 Å². The number of esters is 1. The molecule has 27 heavy (non-hydrogen) atoms. The number of ketones is 1. The van der Waals surface area contributed by atoms with Crippen molar-refractivity contribution in [3.8, 4) is 0 Å². The van der Waals surface area contributed by atoms with Crippen LogP contribution in [-0.4, -0.2) is 35.4 Å². The van der Waals surface area contributed by atoms with Crippen molar-refractivity contribution in [2.24, 2.45) is 5.10 Å². The highest BCUT2D eigenvalue weighted by Gasteiger charge is 2.20. The van der Waals surface area contributed by atoms with Crippen LogP contribution in [0.2, 0.25) is 0 Å². The number of nitro groups is 1. The van der Waals surface area contributed by atoms with Gasteiger partial charge in [0, 0.05) is 23.3 Å². The first kappa shape index (κ1) is 19.4. The molecule has 9 heteroatoms. The third kappa shape index (κ3) is 5.30. The van der Waals surface area contributed by atoms with Gasteiger partial charge in [0.15, 0.2) is 11.5 Å². The predicted molar refractivity (Wildman–Crippen MR) is 95.4 cm³/mol. The summed E-state index contributed by atoms with van der Waals surface area (Å²) in [5.74, 6) is -2.06. The fraction of sp³-hybridized carbons (Fsp3) is 0.111. The number of amides is 1. The highest BCUT2D eigenvalue weighted by atomic mass is 16.6. The molecular weight excluding hydrogens is 354 g/mol. The number of methoxy groups -OCH3 is 1. The Morgan fingerprint density at radius 3 is 2.37 bits per heavy atom. The number of carbonyl (C=O) groups excluding carboxylic acids is 3. The number of hydrazone groups is 1. The summed E-state index contributed by atoms with van der Waals surface area (Å²) in [5.41, 5.74) is 1.95. The maximum Gasteiger partial charge on any atom is 0.354 e. The van der Waals surface area contributed by atoms with E-state index >= 15 is 0 Å². The molecule has 0 aliphatic carbocycles. The van der Waals surface area contributed by atoms with Crippen molar-refractivity contribution in [1.82, 2.24) is 5.43 Å². The number of ether oxygens (including phenoxy) is 1. The van der Waals surface area contributed by atoms with Gasteiger partial charge < -0.3 is 4.74 Å². The summed E-state index contributed by atoms with van der Waals surface area (Å²) in [5, 5.41) is 14.5. The zero-order valence-electron chi connectivity index (χ0n) is 14.2. The molecular formula is C18H15N3O6. The third-order valence-electron chi connectivity index (χ3n) is 3.46. The Bertz CT molecular complexity index is 908. The summed E-state index contributed by atoms with van der Waals surface area (Å²) < 4.78 is 4.57. The van der Waals surface area contributed by atoms with Crippen molar-refractivity contribution >= 4 is 29.1 Å². The van der Waals surface area contributed by atoms with Crippen LogP contribution in [0.15, 0.2) is 59.7 Å². The normalized spacial score (nSPS) is 10.8. The third-order valence-corrected chi connectivity index (χ3v) is 3.46. The van der Waals surface area contributed by atoms with Crippen LogP contribution in [0, 0.1) is 10.1 Å². The van der Waals surface area contributed by atoms with Gasteiger partial charge in [-0.15, -0.1) is 0 Å². The first-order valence-corrected chi connectivity index (χ1v) is 7.70. The Balaban J connectivity index is 2.17. The van der Waals surface area contributed by atoms with Crippen molar-refractivity contribution in [3.63, 3.8) is 0 Å². The van der Waals surface area contributed by atoms with Crippen LogP contribution in [0.4, 0.5) is 5.69 Å². The Morgan fingerprint density at radius 2 is 1.74 bits per heavy atom. The standard InChI is InChI=1S/C18H15N3O6/c1-27-18(24)15(19-20-17(23)12-6-3-2-4-7-12)11-16(22)13-8-5-9-14(10-13)21(25)26/h2-10H,11H2,1H3,(H,20,23)/b19-15-. The maximum atomic E-state index is 12.3. The Hall–Kier alpha value is -3.88. The predicted octanol–water partition coefficient (Wildman–Crippen LogP) is 2.13. The van der Waals surface area contributed by atoms with Gasteiger partial charge in [-0.25, -0.2) is 10.2 Å². The lowest BCUT2D eigenvalue weighted by atomic mass is 10.1. The van der Waals surface area contributed by atoms with Crippen molar-refractivity contribution < 1.29 is 24.0 Å². The Morgan fingerprint density at radius 1 is 1.07 bits per heavy atom. The summed E-state index contributed by atoms with van der Waals surface area (Å²) >= 11 is 0. The second-order valence-corrected chi connectivity index (χ2v) is 5.26. The summed E-state index contributed by atoms with van der Waals surface area (Å²) in [6.45, 7) is 0. The van der Waals surface area contributed by atoms with Gasteiger partial charge in [-0.2, -0.15) is 5.10 Å². The number of rotatable bonds is 7. The molecule has 0 saturated carbocycles. The Labute approximate surface area is 153 Å². The number of non-ortho nitro benzene ring substituents is 1. The van der Waals surface area contributed by atoms with E-state index in [1.54, 1.807) is 30.3 Å². The van der Waals surface area contributed by atoms with Crippen LogP contribution in [0.1, 0.15) is 27.1 Å². The van der Waals surface area contributed by atoms with Gasteiger partial charge in [0.2, 0.25) is 0 Å². The second kappa shape index (κ2) is 8.99. The number of nitrogens with zero attached hydrogens (tertiary/aromatic N) is 2. The van der Waals surface area contributed by atoms with Gasteiger partial charge in [-0.05, 0) is 12.1 Å². The fourth-order valence-corrected chi connectivity index (χ4v) is 2.09. The van der Waals surface area contributed by atoms with E-state index in [0.717, 1.165) is 13.2 Å². The molecule has 0 unspecified atom stereocenters. The van der Waals surface area contributed by atoms with E-state index in [4.69, 9.17) is 0 Å². The quantitative estimate of drug-likeness (QED) is 0.262. The van der Waals surface area contributed by atoms with Crippen molar-refractivity contribution in [3.05, 3.63) is 75.8 Å². The number of Topliss-reactive ketones (excluding diaryl/α,β-unsaturated/α-hetero) is 1. The molecule has 0 bridgehead atoms. The van der Waals surface area contributed by atoms with Crippen LogP contribution >= 0.6 is 0 Å². The highest BCUT2D eigenvalue weighted by Crippen LogP contribution is 2.15. The molecule has 1 amide bonds. The van der Waals surface area contributed by atoms with Crippen LogP contribution in [0.25, 0.3) is 0 Å². The van der Waals surface area contributed by atoms with Gasteiger partial charge in [0.05, 0.1) is 18.5 Å². The molecule has 0 spiro atoms. The van der Waals surface area contributed by atoms with Crippen LogP contribution in [-0.2, 0) is 9.53 Å². The Kier molecular flexibility index (Phi) is 6.48. The van der Waals surface area contributed by atoms with E-state index in [9.17, 15) is 24.5 Å². The van der Waals surface area contributed by atoms with E-state index in [2.05, 4.69) is 15.3 Å². The van der Waals surface area contributed by atoms with Gasteiger partial charge in [-0.3, -0.25) is 19.7 Å². The lowest BCUT2D eigenvalue weighted by Crippen LogP contribution is -2.26. The largest absolute Gasteiger partial charge is 0.464 e.